The number of hydrogen-bond acceptors (Lipinski definition) is 4. The molecule has 1 fully saturated rings. The van der Waals surface area contributed by atoms with Crippen LogP contribution in [0.2, 0.25) is 0 Å². The molecule has 1 aromatic rings. The van der Waals surface area contributed by atoms with Crippen LogP contribution in [0.15, 0.2) is 0 Å². The van der Waals surface area contributed by atoms with Gasteiger partial charge < -0.3 is 10.1 Å². The summed E-state index contributed by atoms with van der Waals surface area (Å²) >= 11 is 0. The molecule has 2 unspecified atom stereocenters. The predicted molar refractivity (Wildman–Crippen MR) is 70.7 cm³/mol. The van der Waals surface area contributed by atoms with Crippen molar-refractivity contribution in [3.8, 4) is 0 Å². The summed E-state index contributed by atoms with van der Waals surface area (Å²) in [4.78, 5) is 4.68. The summed E-state index contributed by atoms with van der Waals surface area (Å²) in [5.74, 6) is 2.66. The van der Waals surface area contributed by atoms with Crippen molar-refractivity contribution >= 4 is 0 Å². The van der Waals surface area contributed by atoms with E-state index in [4.69, 9.17) is 4.74 Å². The fraction of sp³-hybridized carbons (Fsp3) is 0.846. The molecular formula is C13H24N4O. The number of nitrogens with one attached hydrogen (secondary N) is 1. The first kappa shape index (κ1) is 13.5. The molecular weight excluding hydrogens is 228 g/mol. The molecule has 0 saturated carbocycles. The second-order valence-corrected chi connectivity index (χ2v) is 5.31. The molecule has 5 nitrogen and oxygen atoms in total. The van der Waals surface area contributed by atoms with Gasteiger partial charge >= 0.3 is 0 Å². The Hall–Kier alpha value is -0.940. The van der Waals surface area contributed by atoms with Crippen LogP contribution in [0, 0.1) is 0 Å². The molecule has 0 spiro atoms. The van der Waals surface area contributed by atoms with Crippen LogP contribution in [-0.2, 0) is 11.8 Å². The highest BCUT2D eigenvalue weighted by Crippen LogP contribution is 2.25. The predicted octanol–water partition coefficient (Wildman–Crippen LogP) is 1.42. The summed E-state index contributed by atoms with van der Waals surface area (Å²) in [5, 5.41) is 8.03. The standard InChI is InChI=1S/C13H24N4O/c1-5-6-14-11-8-18-7-10(11)13-15-12(9(2)3)16-17(13)4/h9-11,14H,5-8H2,1-4H3. The molecule has 18 heavy (non-hydrogen) atoms. The van der Waals surface area contributed by atoms with Gasteiger partial charge in [-0.15, -0.1) is 0 Å². The van der Waals surface area contributed by atoms with Crippen molar-refractivity contribution in [2.45, 2.75) is 45.1 Å². The van der Waals surface area contributed by atoms with Crippen molar-refractivity contribution in [1.29, 1.82) is 0 Å². The van der Waals surface area contributed by atoms with E-state index in [2.05, 4.69) is 36.2 Å². The Morgan fingerprint density at radius 2 is 2.22 bits per heavy atom. The molecule has 1 aliphatic rings. The highest BCUT2D eigenvalue weighted by molar-refractivity contribution is 5.08. The van der Waals surface area contributed by atoms with Crippen LogP contribution < -0.4 is 5.32 Å². The molecule has 0 bridgehead atoms. The summed E-state index contributed by atoms with van der Waals surface area (Å²) in [6.07, 6.45) is 1.14. The van der Waals surface area contributed by atoms with E-state index in [0.29, 0.717) is 17.9 Å². The van der Waals surface area contributed by atoms with Gasteiger partial charge in [0, 0.05) is 19.0 Å². The van der Waals surface area contributed by atoms with Gasteiger partial charge in [0.25, 0.3) is 0 Å². The summed E-state index contributed by atoms with van der Waals surface area (Å²) in [6.45, 7) is 8.96. The molecule has 1 aliphatic heterocycles. The molecule has 0 aromatic carbocycles. The van der Waals surface area contributed by atoms with E-state index in [1.165, 1.54) is 0 Å². The molecule has 1 aromatic heterocycles. The average molecular weight is 252 g/mol. The molecule has 2 atom stereocenters. The number of hydrogen-bond donors (Lipinski definition) is 1. The SMILES string of the molecule is CCCNC1COCC1c1nc(C(C)C)nn1C. The Morgan fingerprint density at radius 3 is 2.83 bits per heavy atom. The zero-order valence-electron chi connectivity index (χ0n) is 11.8. The Morgan fingerprint density at radius 1 is 1.44 bits per heavy atom. The zero-order chi connectivity index (χ0) is 13.1. The first-order valence-electron chi connectivity index (χ1n) is 6.85. The van der Waals surface area contributed by atoms with Crippen LogP contribution in [0.25, 0.3) is 0 Å². The fourth-order valence-corrected chi connectivity index (χ4v) is 2.32. The number of nitrogens with zero attached hydrogens (tertiary/aromatic N) is 3. The average Bonchev–Trinajstić information content (AvgIpc) is 2.92. The van der Waals surface area contributed by atoms with Crippen molar-refractivity contribution in [2.75, 3.05) is 19.8 Å². The van der Waals surface area contributed by atoms with Crippen LogP contribution >= 0.6 is 0 Å². The molecule has 102 valence electrons. The second kappa shape index (κ2) is 5.80. The molecule has 1 N–H and O–H groups in total. The monoisotopic (exact) mass is 252 g/mol. The molecule has 0 radical (unpaired) electrons. The van der Waals surface area contributed by atoms with E-state index in [1.54, 1.807) is 0 Å². The largest absolute Gasteiger partial charge is 0.379 e. The van der Waals surface area contributed by atoms with Crippen molar-refractivity contribution in [2.24, 2.45) is 7.05 Å². The zero-order valence-corrected chi connectivity index (χ0v) is 11.8. The fourth-order valence-electron chi connectivity index (χ4n) is 2.32. The minimum absolute atomic E-state index is 0.321. The third kappa shape index (κ3) is 2.72. The smallest absolute Gasteiger partial charge is 0.153 e. The van der Waals surface area contributed by atoms with E-state index in [9.17, 15) is 0 Å². The van der Waals surface area contributed by atoms with Gasteiger partial charge in [-0.1, -0.05) is 20.8 Å². The van der Waals surface area contributed by atoms with Crippen molar-refractivity contribution in [1.82, 2.24) is 20.1 Å². The Balaban J connectivity index is 2.14. The van der Waals surface area contributed by atoms with Crippen LogP contribution in [0.1, 0.15) is 50.7 Å². The lowest BCUT2D eigenvalue weighted by Crippen LogP contribution is -2.35. The Labute approximate surface area is 109 Å². The quantitative estimate of drug-likeness (QED) is 0.861. The minimum Gasteiger partial charge on any atom is -0.379 e. The van der Waals surface area contributed by atoms with E-state index >= 15 is 0 Å². The van der Waals surface area contributed by atoms with Gasteiger partial charge in [-0.3, -0.25) is 4.68 Å². The van der Waals surface area contributed by atoms with Crippen molar-refractivity contribution in [3.63, 3.8) is 0 Å². The number of aromatic nitrogens is 3. The van der Waals surface area contributed by atoms with Crippen molar-refractivity contribution in [3.05, 3.63) is 11.6 Å². The lowest BCUT2D eigenvalue weighted by atomic mass is 10.0. The third-order valence-corrected chi connectivity index (χ3v) is 3.40. The highest BCUT2D eigenvalue weighted by Gasteiger charge is 2.33. The summed E-state index contributed by atoms with van der Waals surface area (Å²) in [5.41, 5.74) is 0. The molecule has 2 rings (SSSR count). The van der Waals surface area contributed by atoms with E-state index in [-0.39, 0.29) is 0 Å². The molecule has 1 saturated heterocycles. The van der Waals surface area contributed by atoms with E-state index < -0.39 is 0 Å². The van der Waals surface area contributed by atoms with Gasteiger partial charge in [0.15, 0.2) is 5.82 Å². The first-order valence-corrected chi connectivity index (χ1v) is 6.85. The van der Waals surface area contributed by atoms with Gasteiger partial charge in [-0.2, -0.15) is 5.10 Å². The maximum atomic E-state index is 5.60. The lowest BCUT2D eigenvalue weighted by Gasteiger charge is -2.17. The van der Waals surface area contributed by atoms with Crippen LogP contribution in [-0.4, -0.2) is 40.6 Å². The van der Waals surface area contributed by atoms with Crippen LogP contribution in [0.4, 0.5) is 0 Å². The van der Waals surface area contributed by atoms with E-state index in [1.807, 2.05) is 11.7 Å². The van der Waals surface area contributed by atoms with Gasteiger partial charge in [0.2, 0.25) is 0 Å². The number of ether oxygens (including phenoxy) is 1. The van der Waals surface area contributed by atoms with Gasteiger partial charge in [0.05, 0.1) is 19.1 Å². The maximum absolute atomic E-state index is 5.60. The Bertz CT molecular complexity index is 388. The molecule has 0 aliphatic carbocycles. The molecule has 5 heteroatoms. The topological polar surface area (TPSA) is 52.0 Å². The van der Waals surface area contributed by atoms with Crippen LogP contribution in [0.5, 0.6) is 0 Å². The maximum Gasteiger partial charge on any atom is 0.153 e. The third-order valence-electron chi connectivity index (χ3n) is 3.40. The van der Waals surface area contributed by atoms with E-state index in [0.717, 1.165) is 37.8 Å². The van der Waals surface area contributed by atoms with Gasteiger partial charge in [-0.05, 0) is 13.0 Å². The molecule has 2 heterocycles. The second-order valence-electron chi connectivity index (χ2n) is 5.31. The summed E-state index contributed by atoms with van der Waals surface area (Å²) in [6, 6.07) is 0.368. The first-order chi connectivity index (χ1) is 8.63. The van der Waals surface area contributed by atoms with Crippen LogP contribution in [0.3, 0.4) is 0 Å². The lowest BCUT2D eigenvalue weighted by molar-refractivity contribution is 0.187. The van der Waals surface area contributed by atoms with Gasteiger partial charge in [-0.25, -0.2) is 4.98 Å². The normalized spacial score (nSPS) is 24.1. The molecule has 0 amide bonds. The minimum atomic E-state index is 0.321. The van der Waals surface area contributed by atoms with Gasteiger partial charge in [0.1, 0.15) is 5.82 Å². The number of rotatable bonds is 5. The summed E-state index contributed by atoms with van der Waals surface area (Å²) in [7, 11) is 1.98. The van der Waals surface area contributed by atoms with Crippen molar-refractivity contribution < 1.29 is 4.74 Å². The highest BCUT2D eigenvalue weighted by atomic mass is 16.5. The summed E-state index contributed by atoms with van der Waals surface area (Å²) < 4.78 is 7.51. The number of aryl methyl sites for hydroxylation is 1. The Kier molecular flexibility index (Phi) is 4.35.